The Balaban J connectivity index is 1.77. The van der Waals surface area contributed by atoms with Gasteiger partial charge in [0.15, 0.2) is 5.16 Å². The largest absolute Gasteiger partial charge is 0.537 e. The predicted molar refractivity (Wildman–Crippen MR) is 98.8 cm³/mol. The number of rotatable bonds is 8. The molecule has 12 heteroatoms. The molecular weight excluding hydrogens is 389 g/mol. The summed E-state index contributed by atoms with van der Waals surface area (Å²) >= 11 is 1.24. The smallest absolute Gasteiger partial charge is 0.534 e. The van der Waals surface area contributed by atoms with Crippen molar-refractivity contribution in [2.75, 3.05) is 7.11 Å². The van der Waals surface area contributed by atoms with Crippen molar-refractivity contribution in [3.8, 4) is 11.5 Å². The molecule has 1 atom stereocenters. The molecule has 3 rings (SSSR count). The molecule has 0 amide bonds. The van der Waals surface area contributed by atoms with Gasteiger partial charge in [-0.2, -0.15) is 0 Å². The molecule has 28 heavy (non-hydrogen) atoms. The van der Waals surface area contributed by atoms with Crippen LogP contribution in [0.5, 0.6) is 11.5 Å². The van der Waals surface area contributed by atoms with Crippen molar-refractivity contribution in [3.63, 3.8) is 0 Å². The first-order valence-electron chi connectivity index (χ1n) is 8.44. The molecule has 0 saturated heterocycles. The topological polar surface area (TPSA) is 144 Å². The first kappa shape index (κ1) is 20.0. The van der Waals surface area contributed by atoms with Crippen molar-refractivity contribution < 1.29 is 34.2 Å². The number of thioether (sulfide) groups is 1. The van der Waals surface area contributed by atoms with Gasteiger partial charge in [-0.1, -0.05) is 17.8 Å². The van der Waals surface area contributed by atoms with Crippen LogP contribution in [0.25, 0.3) is 0 Å². The second-order valence-corrected chi connectivity index (χ2v) is 7.32. The number of fused-ring (bicyclic) bond motifs is 1. The molecule has 1 aromatic carbocycles. The minimum Gasteiger partial charge on any atom is -0.534 e. The van der Waals surface area contributed by atoms with Crippen molar-refractivity contribution in [3.05, 3.63) is 29.6 Å². The van der Waals surface area contributed by atoms with Gasteiger partial charge in [0.25, 0.3) is 0 Å². The highest BCUT2D eigenvalue weighted by Gasteiger charge is 2.39. The van der Waals surface area contributed by atoms with Gasteiger partial charge in [0.05, 0.1) is 12.3 Å². The molecule has 0 fully saturated rings. The number of carboxylic acids is 2. The van der Waals surface area contributed by atoms with E-state index in [1.165, 1.54) is 25.2 Å². The zero-order chi connectivity index (χ0) is 20.3. The van der Waals surface area contributed by atoms with Gasteiger partial charge in [0.2, 0.25) is 0 Å². The Morgan fingerprint density at radius 1 is 1.43 bits per heavy atom. The SMILES string of the molecule is COc1ccc2c(c1C(=O)O)OB(O)[C@@H](Sc1nncn1CCCC(=O)O)C2. The summed E-state index contributed by atoms with van der Waals surface area (Å²) in [6.07, 6.45) is 2.31. The minimum absolute atomic E-state index is 0.0324. The Morgan fingerprint density at radius 2 is 2.21 bits per heavy atom. The van der Waals surface area contributed by atoms with E-state index in [0.29, 0.717) is 30.1 Å². The Bertz CT molecular complexity index is 891. The normalized spacial score (nSPS) is 15.6. The first-order chi connectivity index (χ1) is 13.4. The van der Waals surface area contributed by atoms with Gasteiger partial charge in [-0.25, -0.2) is 4.79 Å². The zero-order valence-corrected chi connectivity index (χ0v) is 15.8. The van der Waals surface area contributed by atoms with E-state index >= 15 is 0 Å². The number of methoxy groups -OCH3 is 1. The summed E-state index contributed by atoms with van der Waals surface area (Å²) in [5.74, 6) is -1.83. The molecule has 3 N–H and O–H groups in total. The van der Waals surface area contributed by atoms with Crippen LogP contribution in [-0.2, 0) is 17.8 Å². The summed E-state index contributed by atoms with van der Waals surface area (Å²) in [7, 11) is 0.107. The molecule has 0 spiro atoms. The third-order valence-corrected chi connectivity index (χ3v) is 5.47. The number of ether oxygens (including phenoxy) is 1. The standard InChI is InChI=1S/C16H18BN3O7S/c1-26-10-5-4-9-7-11(17(25)27-14(9)13(10)15(23)24)28-16-19-18-8-20(16)6-2-3-12(21)22/h4-5,8,11,25H,2-3,6-7H2,1H3,(H,21,22)(H,23,24)/t11-/m0/s1. The maximum Gasteiger partial charge on any atom is 0.537 e. The molecule has 1 aromatic heterocycles. The second kappa shape index (κ2) is 8.53. The zero-order valence-electron chi connectivity index (χ0n) is 14.9. The Morgan fingerprint density at radius 3 is 2.89 bits per heavy atom. The number of aryl methyl sites for hydroxylation is 1. The summed E-state index contributed by atoms with van der Waals surface area (Å²) in [4.78, 5) is 22.2. The fourth-order valence-electron chi connectivity index (χ4n) is 2.91. The number of aromatic nitrogens is 3. The third-order valence-electron chi connectivity index (χ3n) is 4.24. The number of hydrogen-bond acceptors (Lipinski definition) is 8. The highest BCUT2D eigenvalue weighted by atomic mass is 32.2. The first-order valence-corrected chi connectivity index (χ1v) is 9.32. The Labute approximate surface area is 164 Å². The minimum atomic E-state index is -1.26. The van der Waals surface area contributed by atoms with E-state index in [-0.39, 0.29) is 23.5 Å². The average Bonchev–Trinajstić information content (AvgIpc) is 3.08. The van der Waals surface area contributed by atoms with Crippen LogP contribution >= 0.6 is 11.8 Å². The monoisotopic (exact) mass is 407 g/mol. The van der Waals surface area contributed by atoms with Gasteiger partial charge in [-0.05, 0) is 24.5 Å². The van der Waals surface area contributed by atoms with Crippen molar-refractivity contribution >= 4 is 30.8 Å². The van der Waals surface area contributed by atoms with Crippen LogP contribution in [0.4, 0.5) is 0 Å². The number of benzene rings is 1. The number of nitrogens with zero attached hydrogens (tertiary/aromatic N) is 3. The van der Waals surface area contributed by atoms with Crippen LogP contribution in [0.1, 0.15) is 28.8 Å². The van der Waals surface area contributed by atoms with E-state index in [9.17, 15) is 19.7 Å². The summed E-state index contributed by atoms with van der Waals surface area (Å²) < 4.78 is 12.3. The van der Waals surface area contributed by atoms with Crippen LogP contribution in [0, 0.1) is 0 Å². The summed E-state index contributed by atoms with van der Waals surface area (Å²) in [6.45, 7) is 0.433. The molecule has 0 unspecified atom stereocenters. The third kappa shape index (κ3) is 4.23. The molecule has 148 valence electrons. The van der Waals surface area contributed by atoms with Crippen molar-refractivity contribution in [2.24, 2.45) is 0 Å². The van der Waals surface area contributed by atoms with Gasteiger partial charge in [-0.3, -0.25) is 4.79 Å². The molecule has 10 nitrogen and oxygen atoms in total. The van der Waals surface area contributed by atoms with E-state index in [4.69, 9.17) is 14.5 Å². The lowest BCUT2D eigenvalue weighted by molar-refractivity contribution is -0.137. The molecule has 1 aliphatic heterocycles. The van der Waals surface area contributed by atoms with E-state index in [2.05, 4.69) is 10.2 Å². The molecular formula is C16H18BN3O7S. The fourth-order valence-corrected chi connectivity index (χ4v) is 3.99. The number of hydrogen-bond donors (Lipinski definition) is 3. The van der Waals surface area contributed by atoms with Crippen LogP contribution in [0.2, 0.25) is 0 Å². The lowest BCUT2D eigenvalue weighted by atomic mass is 9.77. The lowest BCUT2D eigenvalue weighted by Crippen LogP contribution is -2.41. The van der Waals surface area contributed by atoms with Gasteiger partial charge in [-0.15, -0.1) is 10.2 Å². The van der Waals surface area contributed by atoms with E-state index < -0.39 is 24.2 Å². The van der Waals surface area contributed by atoms with Gasteiger partial charge >= 0.3 is 19.1 Å². The molecule has 2 heterocycles. The van der Waals surface area contributed by atoms with Crippen molar-refractivity contribution in [2.45, 2.75) is 36.1 Å². The molecule has 2 aromatic rings. The Kier molecular flexibility index (Phi) is 6.10. The van der Waals surface area contributed by atoms with Crippen molar-refractivity contribution in [1.82, 2.24) is 14.8 Å². The van der Waals surface area contributed by atoms with Crippen LogP contribution in [0.15, 0.2) is 23.6 Å². The van der Waals surface area contributed by atoms with E-state index in [0.717, 1.165) is 0 Å². The summed E-state index contributed by atoms with van der Waals surface area (Å²) in [6, 6.07) is 3.26. The number of aromatic carboxylic acids is 1. The van der Waals surface area contributed by atoms with Gasteiger partial charge in [0.1, 0.15) is 23.4 Å². The van der Waals surface area contributed by atoms with Crippen LogP contribution in [-0.4, -0.2) is 61.3 Å². The number of aliphatic carboxylic acids is 1. The number of carbonyl (C=O) groups is 2. The lowest BCUT2D eigenvalue weighted by Gasteiger charge is -2.28. The molecule has 1 aliphatic rings. The summed E-state index contributed by atoms with van der Waals surface area (Å²) in [5.41, 5.74) is 0.511. The quantitative estimate of drug-likeness (QED) is 0.541. The predicted octanol–water partition coefficient (Wildman–Crippen LogP) is 0.965. The second-order valence-electron chi connectivity index (χ2n) is 6.11. The van der Waals surface area contributed by atoms with Gasteiger partial charge in [0, 0.05) is 13.0 Å². The number of carboxylic acid groups (broad SMARTS) is 2. The molecule has 0 bridgehead atoms. The average molecular weight is 407 g/mol. The van der Waals surface area contributed by atoms with Crippen LogP contribution in [0.3, 0.4) is 0 Å². The Hall–Kier alpha value is -2.73. The van der Waals surface area contributed by atoms with E-state index in [1.54, 1.807) is 16.7 Å². The maximum absolute atomic E-state index is 11.6. The fraction of sp³-hybridized carbons (Fsp3) is 0.375. The highest BCUT2D eigenvalue weighted by Crippen LogP contribution is 2.39. The molecule has 0 aliphatic carbocycles. The summed E-state index contributed by atoms with van der Waals surface area (Å²) in [5, 5.41) is 36.6. The maximum atomic E-state index is 11.6. The van der Waals surface area contributed by atoms with Crippen LogP contribution < -0.4 is 9.39 Å². The highest BCUT2D eigenvalue weighted by molar-refractivity contribution is 8.01. The molecule has 0 saturated carbocycles. The van der Waals surface area contributed by atoms with E-state index in [1.807, 2.05) is 0 Å². The van der Waals surface area contributed by atoms with Crippen molar-refractivity contribution in [1.29, 1.82) is 0 Å². The molecule has 0 radical (unpaired) electrons. The van der Waals surface area contributed by atoms with Gasteiger partial charge < -0.3 is 29.2 Å².